The summed E-state index contributed by atoms with van der Waals surface area (Å²) < 4.78 is 63.8. The van der Waals surface area contributed by atoms with Crippen molar-refractivity contribution in [2.24, 2.45) is 5.92 Å². The van der Waals surface area contributed by atoms with Gasteiger partial charge in [-0.1, -0.05) is 0 Å². The summed E-state index contributed by atoms with van der Waals surface area (Å²) >= 11 is 0. The molecular weight excluding hydrogens is 426 g/mol. The van der Waals surface area contributed by atoms with Crippen LogP contribution < -0.4 is 16.0 Å². The molecule has 0 radical (unpaired) electrons. The van der Waals surface area contributed by atoms with Crippen molar-refractivity contribution in [3.63, 3.8) is 0 Å². The van der Waals surface area contributed by atoms with Gasteiger partial charge in [-0.15, -0.1) is 0 Å². The first-order valence-electron chi connectivity index (χ1n) is 9.43. The zero-order valence-corrected chi connectivity index (χ0v) is 16.8. The highest BCUT2D eigenvalue weighted by atomic mass is 19.4. The van der Waals surface area contributed by atoms with Crippen molar-refractivity contribution in [3.8, 4) is 0 Å². The van der Waals surface area contributed by atoms with Gasteiger partial charge in [-0.05, 0) is 31.0 Å². The van der Waals surface area contributed by atoms with Gasteiger partial charge >= 0.3 is 12.3 Å². The molecule has 3 amide bonds. The van der Waals surface area contributed by atoms with Crippen molar-refractivity contribution in [3.05, 3.63) is 35.1 Å². The fourth-order valence-corrected chi connectivity index (χ4v) is 3.28. The number of alkyl carbamates (subject to hydrolysis) is 1. The molecule has 2 atom stereocenters. The van der Waals surface area contributed by atoms with Gasteiger partial charge in [0.15, 0.2) is 0 Å². The van der Waals surface area contributed by atoms with E-state index in [1.807, 2.05) is 0 Å². The number of hydrogen-bond donors (Lipinski definition) is 3. The number of benzene rings is 1. The Morgan fingerprint density at radius 1 is 1.13 bits per heavy atom. The molecule has 1 fully saturated rings. The third kappa shape index (κ3) is 6.29. The largest absolute Gasteiger partial charge is 0.443 e. The predicted molar refractivity (Wildman–Crippen MR) is 99.6 cm³/mol. The van der Waals surface area contributed by atoms with Crippen molar-refractivity contribution < 1.29 is 41.4 Å². The second-order valence-corrected chi connectivity index (χ2v) is 6.82. The summed E-state index contributed by atoms with van der Waals surface area (Å²) in [6.45, 7) is 0.645. The Bertz CT molecular complexity index is 812. The number of hydrogen-bond acceptors (Lipinski definition) is 5. The van der Waals surface area contributed by atoms with E-state index in [4.69, 9.17) is 9.47 Å². The summed E-state index contributed by atoms with van der Waals surface area (Å²) in [5, 5.41) is 6.77. The standard InChI is InChI=1S/C19H23F4N3O5/c1-24-17(28)14(15(31-18(29)25-2)10-5-7-30-8-6-10)26-16(27)12-4-3-11(20)9-13(12)19(21,22)23/h3-4,9-10,14-15H,5-8H2,1-2H3,(H,24,28)(H,25,29)(H,26,27). The Labute approximate surface area is 175 Å². The van der Waals surface area contributed by atoms with E-state index in [9.17, 15) is 31.9 Å². The first-order valence-corrected chi connectivity index (χ1v) is 9.43. The molecule has 8 nitrogen and oxygen atoms in total. The fraction of sp³-hybridized carbons (Fsp3) is 0.526. The van der Waals surface area contributed by atoms with Gasteiger partial charge in [0.1, 0.15) is 18.0 Å². The number of ether oxygens (including phenoxy) is 2. The van der Waals surface area contributed by atoms with Crippen LogP contribution >= 0.6 is 0 Å². The van der Waals surface area contributed by atoms with Crippen LogP contribution in [0.15, 0.2) is 18.2 Å². The van der Waals surface area contributed by atoms with Gasteiger partial charge < -0.3 is 25.4 Å². The monoisotopic (exact) mass is 449 g/mol. The topological polar surface area (TPSA) is 106 Å². The number of rotatable bonds is 6. The minimum Gasteiger partial charge on any atom is -0.443 e. The highest BCUT2D eigenvalue weighted by molar-refractivity contribution is 5.99. The van der Waals surface area contributed by atoms with E-state index in [1.165, 1.54) is 14.1 Å². The third-order valence-electron chi connectivity index (χ3n) is 4.85. The number of halogens is 4. The van der Waals surface area contributed by atoms with Gasteiger partial charge in [-0.25, -0.2) is 9.18 Å². The van der Waals surface area contributed by atoms with E-state index < -0.39 is 59.1 Å². The summed E-state index contributed by atoms with van der Waals surface area (Å²) in [6, 6.07) is 0.0814. The van der Waals surface area contributed by atoms with Crippen molar-refractivity contribution in [2.45, 2.75) is 31.2 Å². The number of carbonyl (C=O) groups excluding carboxylic acids is 3. The number of nitrogens with one attached hydrogen (secondary N) is 3. The smallest absolute Gasteiger partial charge is 0.417 e. The summed E-state index contributed by atoms with van der Waals surface area (Å²) in [5.41, 5.74) is -2.36. The molecule has 12 heteroatoms. The number of amides is 3. The molecule has 1 aromatic rings. The Hall–Kier alpha value is -2.89. The zero-order valence-electron chi connectivity index (χ0n) is 16.8. The molecular formula is C19H23F4N3O5. The Balaban J connectivity index is 2.40. The van der Waals surface area contributed by atoms with Crippen LogP contribution in [0.4, 0.5) is 22.4 Å². The van der Waals surface area contributed by atoms with Crippen molar-refractivity contribution >= 4 is 17.9 Å². The highest BCUT2D eigenvalue weighted by Gasteiger charge is 2.41. The van der Waals surface area contributed by atoms with Crippen LogP contribution in [-0.4, -0.2) is 57.4 Å². The average Bonchev–Trinajstić information content (AvgIpc) is 2.75. The second-order valence-electron chi connectivity index (χ2n) is 6.82. The van der Waals surface area contributed by atoms with E-state index in [1.54, 1.807) is 0 Å². The molecule has 3 N–H and O–H groups in total. The van der Waals surface area contributed by atoms with Crippen LogP contribution in [-0.2, 0) is 20.4 Å². The SMILES string of the molecule is CNC(=O)OC(C1CCOCC1)C(NC(=O)c1ccc(F)cc1C(F)(F)F)C(=O)NC. The van der Waals surface area contributed by atoms with Gasteiger partial charge in [-0.2, -0.15) is 13.2 Å². The molecule has 0 spiro atoms. The first-order chi connectivity index (χ1) is 14.6. The minimum atomic E-state index is -5.00. The second kappa shape index (κ2) is 10.4. The maximum Gasteiger partial charge on any atom is 0.417 e. The predicted octanol–water partition coefficient (Wildman–Crippen LogP) is 1.84. The normalized spacial score (nSPS) is 16.7. The molecule has 0 saturated carbocycles. The lowest BCUT2D eigenvalue weighted by Gasteiger charge is -2.34. The Morgan fingerprint density at radius 2 is 1.77 bits per heavy atom. The van der Waals surface area contributed by atoms with Gasteiger partial charge in [0, 0.05) is 33.2 Å². The van der Waals surface area contributed by atoms with Crippen molar-refractivity contribution in [2.75, 3.05) is 27.3 Å². The Kier molecular flexibility index (Phi) is 8.20. The van der Waals surface area contributed by atoms with E-state index in [-0.39, 0.29) is 6.07 Å². The Morgan fingerprint density at radius 3 is 2.32 bits per heavy atom. The fourth-order valence-electron chi connectivity index (χ4n) is 3.28. The van der Waals surface area contributed by atoms with E-state index in [2.05, 4.69) is 16.0 Å². The summed E-state index contributed by atoms with van der Waals surface area (Å²) in [4.78, 5) is 37.1. The van der Waals surface area contributed by atoms with E-state index >= 15 is 0 Å². The van der Waals surface area contributed by atoms with Gasteiger partial charge in [0.25, 0.3) is 5.91 Å². The molecule has 1 aliphatic rings. The van der Waals surface area contributed by atoms with Crippen molar-refractivity contribution in [1.29, 1.82) is 0 Å². The van der Waals surface area contributed by atoms with Gasteiger partial charge in [0.2, 0.25) is 5.91 Å². The zero-order chi connectivity index (χ0) is 23.2. The molecule has 0 bridgehead atoms. The maximum absolute atomic E-state index is 13.4. The quantitative estimate of drug-likeness (QED) is 0.575. The number of alkyl halides is 3. The minimum absolute atomic E-state index is 0.195. The van der Waals surface area contributed by atoms with Crippen molar-refractivity contribution in [1.82, 2.24) is 16.0 Å². The van der Waals surface area contributed by atoms with Gasteiger partial charge in [-0.3, -0.25) is 9.59 Å². The van der Waals surface area contributed by atoms with E-state index in [0.717, 1.165) is 0 Å². The van der Waals surface area contributed by atoms with E-state index in [0.29, 0.717) is 38.2 Å². The molecule has 1 heterocycles. The van der Waals surface area contributed by atoms with Crippen LogP contribution in [0, 0.1) is 11.7 Å². The third-order valence-corrected chi connectivity index (χ3v) is 4.85. The molecule has 0 aromatic heterocycles. The number of carbonyl (C=O) groups is 3. The lowest BCUT2D eigenvalue weighted by Crippen LogP contribution is -2.57. The summed E-state index contributed by atoms with van der Waals surface area (Å²) in [6.07, 6.45) is -6.26. The number of likely N-dealkylation sites (N-methyl/N-ethyl adjacent to an activating group) is 1. The van der Waals surface area contributed by atoms with Crippen LogP contribution in [0.5, 0.6) is 0 Å². The molecule has 2 unspecified atom stereocenters. The molecule has 1 saturated heterocycles. The van der Waals surface area contributed by atoms with Crippen LogP contribution in [0.3, 0.4) is 0 Å². The first kappa shape index (κ1) is 24.4. The van der Waals surface area contributed by atoms with Crippen LogP contribution in [0.1, 0.15) is 28.8 Å². The van der Waals surface area contributed by atoms with Crippen LogP contribution in [0.2, 0.25) is 0 Å². The lowest BCUT2D eigenvalue weighted by molar-refractivity contribution is -0.138. The molecule has 31 heavy (non-hydrogen) atoms. The highest BCUT2D eigenvalue weighted by Crippen LogP contribution is 2.33. The lowest BCUT2D eigenvalue weighted by atomic mass is 9.88. The molecule has 1 aromatic carbocycles. The van der Waals surface area contributed by atoms with Crippen LogP contribution in [0.25, 0.3) is 0 Å². The molecule has 0 aliphatic carbocycles. The molecule has 1 aliphatic heterocycles. The average molecular weight is 449 g/mol. The summed E-state index contributed by atoms with van der Waals surface area (Å²) in [5.74, 6) is -3.61. The molecule has 2 rings (SSSR count). The van der Waals surface area contributed by atoms with Gasteiger partial charge in [0.05, 0.1) is 11.1 Å². The summed E-state index contributed by atoms with van der Waals surface area (Å²) in [7, 11) is 2.56. The molecule has 172 valence electrons. The maximum atomic E-state index is 13.4.